The Morgan fingerprint density at radius 1 is 1.18 bits per heavy atom. The third kappa shape index (κ3) is 3.63. The molecule has 2 aromatic carbocycles. The number of amides is 1. The highest BCUT2D eigenvalue weighted by atomic mass is 32.1. The Hall–Kier alpha value is -3.52. The van der Waals surface area contributed by atoms with Crippen LogP contribution in [0.1, 0.15) is 6.92 Å². The molecule has 0 aliphatic carbocycles. The van der Waals surface area contributed by atoms with Gasteiger partial charge in [0.1, 0.15) is 18.1 Å². The zero-order valence-corrected chi connectivity index (χ0v) is 15.8. The average molecular weight is 391 g/mol. The van der Waals surface area contributed by atoms with Crippen molar-refractivity contribution in [2.75, 3.05) is 17.0 Å². The van der Waals surface area contributed by atoms with E-state index in [-0.39, 0.29) is 18.3 Å². The molecule has 0 unspecified atom stereocenters. The van der Waals surface area contributed by atoms with Crippen molar-refractivity contribution in [2.45, 2.75) is 6.92 Å². The third-order valence-electron chi connectivity index (χ3n) is 4.10. The fourth-order valence-corrected chi connectivity index (χ4v) is 3.52. The van der Waals surface area contributed by atoms with Gasteiger partial charge < -0.3 is 10.4 Å². The number of carbonyl (C=O) groups is 1. The quantitative estimate of drug-likeness (QED) is 0.693. The molecule has 1 aromatic heterocycles. The molecular formula is C20H17N5O2S. The van der Waals surface area contributed by atoms with E-state index in [1.54, 1.807) is 25.1 Å². The van der Waals surface area contributed by atoms with Gasteiger partial charge in [-0.15, -0.1) is 11.3 Å². The standard InChI is InChI=1S/C20H17N5O2S/c1-13-18(22-12-21-15-8-5-9-16(26)10-15)19(27)25(24-13)20-23-17(11-28-20)14-6-3-2-4-7-14/h2-11,21,26H,12H2,1H3. The molecule has 4 rings (SSSR count). The van der Waals surface area contributed by atoms with Gasteiger partial charge in [-0.25, -0.2) is 4.98 Å². The maximum Gasteiger partial charge on any atom is 0.300 e. The highest BCUT2D eigenvalue weighted by Gasteiger charge is 2.32. The Bertz CT molecular complexity index is 1070. The van der Waals surface area contributed by atoms with E-state index in [4.69, 9.17) is 0 Å². The minimum absolute atomic E-state index is 0.163. The molecular weight excluding hydrogens is 374 g/mol. The van der Waals surface area contributed by atoms with Gasteiger partial charge in [0.05, 0.1) is 11.4 Å². The molecule has 0 atom stereocenters. The average Bonchev–Trinajstić information content (AvgIpc) is 3.29. The van der Waals surface area contributed by atoms with Crippen molar-refractivity contribution >= 4 is 39.5 Å². The molecule has 1 aliphatic rings. The van der Waals surface area contributed by atoms with Gasteiger partial charge in [-0.1, -0.05) is 36.4 Å². The molecule has 0 bridgehead atoms. The van der Waals surface area contributed by atoms with Crippen LogP contribution in [0.4, 0.5) is 10.8 Å². The number of phenols is 1. The molecule has 140 valence electrons. The summed E-state index contributed by atoms with van der Waals surface area (Å²) in [7, 11) is 0. The molecule has 2 heterocycles. The number of nitrogens with one attached hydrogen (secondary N) is 1. The van der Waals surface area contributed by atoms with E-state index < -0.39 is 0 Å². The van der Waals surface area contributed by atoms with Crippen LogP contribution in [0.3, 0.4) is 0 Å². The minimum atomic E-state index is -0.302. The molecule has 8 heteroatoms. The van der Waals surface area contributed by atoms with Crippen LogP contribution in [-0.4, -0.2) is 34.1 Å². The monoisotopic (exact) mass is 391 g/mol. The second kappa shape index (κ2) is 7.61. The number of hydrogen-bond acceptors (Lipinski definition) is 7. The van der Waals surface area contributed by atoms with Gasteiger partial charge in [0, 0.05) is 22.7 Å². The number of aliphatic imine (C=N–C) groups is 1. The molecule has 0 fully saturated rings. The van der Waals surface area contributed by atoms with Crippen LogP contribution in [0, 0.1) is 0 Å². The number of hydrazone groups is 1. The van der Waals surface area contributed by atoms with Gasteiger partial charge in [0.2, 0.25) is 5.13 Å². The van der Waals surface area contributed by atoms with Crippen LogP contribution in [0.15, 0.2) is 70.1 Å². The fourth-order valence-electron chi connectivity index (χ4n) is 2.74. The van der Waals surface area contributed by atoms with Gasteiger partial charge in [0.25, 0.3) is 0 Å². The minimum Gasteiger partial charge on any atom is -0.508 e. The molecule has 0 radical (unpaired) electrons. The fraction of sp³-hybridized carbons (Fsp3) is 0.100. The smallest absolute Gasteiger partial charge is 0.300 e. The van der Waals surface area contributed by atoms with Crippen molar-refractivity contribution in [3.8, 4) is 17.0 Å². The summed E-state index contributed by atoms with van der Waals surface area (Å²) in [5.41, 5.74) is 3.34. The predicted octanol–water partition coefficient (Wildman–Crippen LogP) is 3.75. The lowest BCUT2D eigenvalue weighted by atomic mass is 10.2. The van der Waals surface area contributed by atoms with Crippen LogP contribution >= 0.6 is 11.3 Å². The van der Waals surface area contributed by atoms with Crippen molar-refractivity contribution in [3.05, 3.63) is 60.0 Å². The molecule has 28 heavy (non-hydrogen) atoms. The molecule has 0 saturated carbocycles. The van der Waals surface area contributed by atoms with E-state index in [2.05, 4.69) is 20.4 Å². The van der Waals surface area contributed by atoms with Crippen LogP contribution in [0.2, 0.25) is 0 Å². The normalized spacial score (nSPS) is 15.2. The Labute approximate surface area is 165 Å². The molecule has 1 aliphatic heterocycles. The van der Waals surface area contributed by atoms with E-state index in [1.165, 1.54) is 16.3 Å². The number of hydrogen-bond donors (Lipinski definition) is 2. The molecule has 0 spiro atoms. The lowest BCUT2D eigenvalue weighted by Crippen LogP contribution is -2.27. The third-order valence-corrected chi connectivity index (χ3v) is 4.91. The van der Waals surface area contributed by atoms with Crippen LogP contribution in [0.25, 0.3) is 11.3 Å². The van der Waals surface area contributed by atoms with Crippen molar-refractivity contribution in [3.63, 3.8) is 0 Å². The maximum absolute atomic E-state index is 12.7. The van der Waals surface area contributed by atoms with Crippen LogP contribution < -0.4 is 10.3 Å². The molecule has 7 nitrogen and oxygen atoms in total. The van der Waals surface area contributed by atoms with Gasteiger partial charge in [-0.05, 0) is 19.1 Å². The van der Waals surface area contributed by atoms with Crippen LogP contribution in [0.5, 0.6) is 5.75 Å². The predicted molar refractivity (Wildman–Crippen MR) is 112 cm³/mol. The first-order valence-electron chi connectivity index (χ1n) is 8.60. The summed E-state index contributed by atoms with van der Waals surface area (Å²) >= 11 is 1.36. The number of thiazole rings is 1. The van der Waals surface area contributed by atoms with Gasteiger partial charge in [0.15, 0.2) is 0 Å². The summed E-state index contributed by atoms with van der Waals surface area (Å²) in [6.07, 6.45) is 0. The van der Waals surface area contributed by atoms with Crippen molar-refractivity contribution < 1.29 is 9.90 Å². The van der Waals surface area contributed by atoms with Crippen molar-refractivity contribution in [1.29, 1.82) is 0 Å². The summed E-state index contributed by atoms with van der Waals surface area (Å²) in [5, 5.41) is 20.6. The van der Waals surface area contributed by atoms with E-state index >= 15 is 0 Å². The highest BCUT2D eigenvalue weighted by molar-refractivity contribution is 7.14. The summed E-state index contributed by atoms with van der Waals surface area (Å²) in [6.45, 7) is 1.94. The number of rotatable bonds is 5. The summed E-state index contributed by atoms with van der Waals surface area (Å²) in [5.74, 6) is -0.138. The number of benzene rings is 2. The van der Waals surface area contributed by atoms with E-state index in [1.807, 2.05) is 41.8 Å². The van der Waals surface area contributed by atoms with Gasteiger partial charge in [-0.2, -0.15) is 10.1 Å². The first-order valence-corrected chi connectivity index (χ1v) is 9.48. The summed E-state index contributed by atoms with van der Waals surface area (Å²) < 4.78 is 0. The SMILES string of the molecule is CC1=NN(c2nc(-c3ccccc3)cs2)C(=O)C1=NCNc1cccc(O)c1. The Kier molecular flexibility index (Phi) is 4.86. The number of phenolic OH excluding ortho intramolecular Hbond substituents is 1. The largest absolute Gasteiger partial charge is 0.508 e. The Balaban J connectivity index is 1.48. The zero-order valence-electron chi connectivity index (χ0n) is 15.0. The lowest BCUT2D eigenvalue weighted by Gasteiger charge is -2.07. The second-order valence-corrected chi connectivity index (χ2v) is 6.91. The van der Waals surface area contributed by atoms with Crippen molar-refractivity contribution in [2.24, 2.45) is 10.1 Å². The first kappa shape index (κ1) is 17.9. The number of nitrogens with zero attached hydrogens (tertiary/aromatic N) is 4. The summed E-state index contributed by atoms with van der Waals surface area (Å²) in [6, 6.07) is 16.5. The Morgan fingerprint density at radius 2 is 2.00 bits per heavy atom. The van der Waals surface area contributed by atoms with Crippen molar-refractivity contribution in [1.82, 2.24) is 4.98 Å². The van der Waals surface area contributed by atoms with Gasteiger partial charge in [-0.3, -0.25) is 9.79 Å². The number of aromatic nitrogens is 1. The van der Waals surface area contributed by atoms with E-state index in [0.717, 1.165) is 11.3 Å². The van der Waals surface area contributed by atoms with E-state index in [9.17, 15) is 9.90 Å². The molecule has 2 N–H and O–H groups in total. The number of anilines is 2. The van der Waals surface area contributed by atoms with Gasteiger partial charge >= 0.3 is 5.91 Å². The maximum atomic E-state index is 12.7. The molecule has 3 aromatic rings. The Morgan fingerprint density at radius 3 is 2.79 bits per heavy atom. The molecule has 1 amide bonds. The second-order valence-electron chi connectivity index (χ2n) is 6.08. The summed E-state index contributed by atoms with van der Waals surface area (Å²) in [4.78, 5) is 21.6. The molecule has 0 saturated heterocycles. The first-order chi connectivity index (χ1) is 13.6. The topological polar surface area (TPSA) is 90.2 Å². The number of aromatic hydroxyl groups is 1. The number of carbonyl (C=O) groups excluding carboxylic acids is 1. The lowest BCUT2D eigenvalue weighted by molar-refractivity contribution is -0.112. The van der Waals surface area contributed by atoms with E-state index in [0.29, 0.717) is 22.2 Å². The highest BCUT2D eigenvalue weighted by Crippen LogP contribution is 2.29. The zero-order chi connectivity index (χ0) is 19.5. The van der Waals surface area contributed by atoms with Crippen LogP contribution in [-0.2, 0) is 4.79 Å².